The summed E-state index contributed by atoms with van der Waals surface area (Å²) in [7, 11) is -0.0599. The van der Waals surface area contributed by atoms with Gasteiger partial charge in [0.15, 0.2) is 0 Å². The topological polar surface area (TPSA) is 124 Å². The molecule has 0 radical (unpaired) electrons. The Morgan fingerprint density at radius 3 is 2.21 bits per heavy atom. The monoisotopic (exact) mass is 551 g/mol. The van der Waals surface area contributed by atoms with Crippen LogP contribution in [0.1, 0.15) is 26.3 Å². The van der Waals surface area contributed by atoms with Crippen molar-refractivity contribution in [1.82, 2.24) is 14.1 Å². The average Bonchev–Trinajstić information content (AvgIpc) is 2.91. The number of nitro benzene ring substituents is 1. The van der Waals surface area contributed by atoms with E-state index in [9.17, 15) is 28.1 Å². The van der Waals surface area contributed by atoms with Crippen molar-refractivity contribution < 1.29 is 22.9 Å². The molecular formula is C27H29N5O6S. The number of piperazine rings is 1. The number of likely N-dealkylation sites (N-methyl/N-ethyl adjacent to an activating group) is 1. The molecule has 0 saturated carbocycles. The third kappa shape index (κ3) is 4.64. The van der Waals surface area contributed by atoms with E-state index in [-0.39, 0.29) is 54.6 Å². The number of nitro groups is 1. The number of amides is 2. The highest BCUT2D eigenvalue weighted by atomic mass is 32.2. The molecule has 0 unspecified atom stereocenters. The quantitative estimate of drug-likeness (QED) is 0.249. The highest BCUT2D eigenvalue weighted by Crippen LogP contribution is 2.42. The summed E-state index contributed by atoms with van der Waals surface area (Å²) in [6.45, 7) is 3.18. The number of hydrogen-bond acceptors (Lipinski definition) is 8. The Bertz CT molecular complexity index is 1600. The molecular weight excluding hydrogens is 522 g/mol. The molecule has 3 aromatic rings. The van der Waals surface area contributed by atoms with Gasteiger partial charge in [0, 0.05) is 61.7 Å². The van der Waals surface area contributed by atoms with Crippen LogP contribution in [-0.4, -0.2) is 92.6 Å². The molecule has 0 N–H and O–H groups in total. The van der Waals surface area contributed by atoms with Gasteiger partial charge < -0.3 is 9.80 Å². The van der Waals surface area contributed by atoms with E-state index in [0.29, 0.717) is 22.9 Å². The average molecular weight is 552 g/mol. The van der Waals surface area contributed by atoms with Gasteiger partial charge in [-0.3, -0.25) is 24.6 Å². The molecule has 0 spiro atoms. The number of carbonyl (C=O) groups excluding carboxylic acids is 2. The summed E-state index contributed by atoms with van der Waals surface area (Å²) in [4.78, 5) is 43.4. The van der Waals surface area contributed by atoms with Crippen molar-refractivity contribution in [2.45, 2.75) is 11.8 Å². The molecule has 5 rings (SSSR count). The second-order valence-electron chi connectivity index (χ2n) is 10.0. The van der Waals surface area contributed by atoms with E-state index < -0.39 is 26.8 Å². The Labute approximate surface area is 226 Å². The molecule has 3 aromatic carbocycles. The number of sulfonamides is 1. The van der Waals surface area contributed by atoms with Gasteiger partial charge in [-0.1, -0.05) is 29.8 Å². The maximum absolute atomic E-state index is 13.4. The minimum atomic E-state index is -3.72. The van der Waals surface area contributed by atoms with Crippen LogP contribution in [0.15, 0.2) is 53.4 Å². The van der Waals surface area contributed by atoms with E-state index in [1.807, 2.05) is 25.9 Å². The molecule has 11 nitrogen and oxygen atoms in total. The Hall–Kier alpha value is -3.87. The van der Waals surface area contributed by atoms with Gasteiger partial charge in [0.2, 0.25) is 10.0 Å². The van der Waals surface area contributed by atoms with Crippen LogP contribution in [0.25, 0.3) is 10.8 Å². The lowest BCUT2D eigenvalue weighted by molar-refractivity contribution is -0.384. The summed E-state index contributed by atoms with van der Waals surface area (Å²) < 4.78 is 27.7. The highest BCUT2D eigenvalue weighted by molar-refractivity contribution is 7.89. The lowest BCUT2D eigenvalue weighted by atomic mass is 9.91. The summed E-state index contributed by atoms with van der Waals surface area (Å²) in [6.07, 6.45) is 0. The number of carbonyl (C=O) groups is 2. The third-order valence-electron chi connectivity index (χ3n) is 7.24. The van der Waals surface area contributed by atoms with Gasteiger partial charge >= 0.3 is 0 Å². The molecule has 0 aliphatic carbocycles. The molecule has 12 heteroatoms. The number of aryl methyl sites for hydroxylation is 1. The van der Waals surface area contributed by atoms with Gasteiger partial charge in [0.05, 0.1) is 15.4 Å². The number of hydrogen-bond donors (Lipinski definition) is 0. The zero-order valence-electron chi connectivity index (χ0n) is 22.0. The predicted molar refractivity (Wildman–Crippen MR) is 147 cm³/mol. The maximum Gasteiger partial charge on any atom is 0.293 e. The zero-order valence-corrected chi connectivity index (χ0v) is 22.8. The number of imide groups is 1. The van der Waals surface area contributed by atoms with Crippen LogP contribution in [0.4, 0.5) is 11.4 Å². The normalized spacial score (nSPS) is 16.4. The van der Waals surface area contributed by atoms with E-state index in [4.69, 9.17) is 0 Å². The van der Waals surface area contributed by atoms with Crippen LogP contribution >= 0.6 is 0 Å². The molecule has 1 saturated heterocycles. The first-order valence-electron chi connectivity index (χ1n) is 12.6. The molecule has 0 bridgehead atoms. The van der Waals surface area contributed by atoms with Crippen molar-refractivity contribution in [3.63, 3.8) is 0 Å². The van der Waals surface area contributed by atoms with Gasteiger partial charge in [-0.2, -0.15) is 4.31 Å². The summed E-state index contributed by atoms with van der Waals surface area (Å²) in [5.74, 6) is -0.997. The van der Waals surface area contributed by atoms with Gasteiger partial charge in [0.1, 0.15) is 5.69 Å². The number of anilines is 1. The van der Waals surface area contributed by atoms with Crippen LogP contribution in [-0.2, 0) is 10.0 Å². The standard InChI is InChI=1S/C27H29N5O6S/c1-18-7-9-19(10-8-18)39(37,38)30-14-12-29(13-15-30)25-20-5-4-6-21-24(20)22(17-23(25)32(35)36)27(34)31(26(21)33)16-11-28(2)3/h4-10,17H,11-16H2,1-3H3. The fourth-order valence-electron chi connectivity index (χ4n) is 5.17. The summed E-state index contributed by atoms with van der Waals surface area (Å²) in [6, 6.07) is 12.9. The summed E-state index contributed by atoms with van der Waals surface area (Å²) in [5.41, 5.74) is 1.43. The van der Waals surface area contributed by atoms with Crippen molar-refractivity contribution in [3.8, 4) is 0 Å². The lowest BCUT2D eigenvalue weighted by Crippen LogP contribution is -2.49. The first kappa shape index (κ1) is 26.7. The molecule has 1 fully saturated rings. The number of benzene rings is 3. The van der Waals surface area contributed by atoms with E-state index in [1.54, 1.807) is 47.4 Å². The van der Waals surface area contributed by atoms with Crippen LogP contribution in [0.2, 0.25) is 0 Å². The smallest absolute Gasteiger partial charge is 0.293 e. The second-order valence-corrected chi connectivity index (χ2v) is 12.0. The first-order valence-corrected chi connectivity index (χ1v) is 14.0. The molecule has 39 heavy (non-hydrogen) atoms. The van der Waals surface area contributed by atoms with Crippen LogP contribution in [0.3, 0.4) is 0 Å². The van der Waals surface area contributed by atoms with E-state index >= 15 is 0 Å². The number of rotatable bonds is 7. The molecule has 0 aromatic heterocycles. The van der Waals surface area contributed by atoms with Gasteiger partial charge in [-0.05, 0) is 39.2 Å². The Kier molecular flexibility index (Phi) is 6.87. The second kappa shape index (κ2) is 10.0. The Morgan fingerprint density at radius 1 is 0.949 bits per heavy atom. The van der Waals surface area contributed by atoms with Gasteiger partial charge in [-0.25, -0.2) is 8.42 Å². The Morgan fingerprint density at radius 2 is 1.59 bits per heavy atom. The fourth-order valence-corrected chi connectivity index (χ4v) is 6.59. The minimum absolute atomic E-state index is 0.120. The molecule has 204 valence electrons. The van der Waals surface area contributed by atoms with Gasteiger partial charge in [0.25, 0.3) is 17.5 Å². The fraction of sp³-hybridized carbons (Fsp3) is 0.333. The van der Waals surface area contributed by atoms with Gasteiger partial charge in [-0.15, -0.1) is 0 Å². The summed E-state index contributed by atoms with van der Waals surface area (Å²) >= 11 is 0. The third-order valence-corrected chi connectivity index (χ3v) is 9.16. The van der Waals surface area contributed by atoms with Crippen LogP contribution in [0, 0.1) is 17.0 Å². The highest BCUT2D eigenvalue weighted by Gasteiger charge is 2.38. The molecule has 2 heterocycles. The molecule has 2 amide bonds. The minimum Gasteiger partial charge on any atom is -0.363 e. The Balaban J connectivity index is 1.52. The van der Waals surface area contributed by atoms with Crippen molar-refractivity contribution in [3.05, 3.63) is 75.3 Å². The van der Waals surface area contributed by atoms with Crippen molar-refractivity contribution >= 4 is 44.0 Å². The maximum atomic E-state index is 13.4. The van der Waals surface area contributed by atoms with E-state index in [2.05, 4.69) is 0 Å². The summed E-state index contributed by atoms with van der Waals surface area (Å²) in [5, 5.41) is 13.1. The SMILES string of the molecule is Cc1ccc(S(=O)(=O)N2CCN(c3c([N+](=O)[O-])cc4c5c(cccc35)C(=O)N(CCN(C)C)C4=O)CC2)cc1. The first-order chi connectivity index (χ1) is 18.5. The van der Waals surface area contributed by atoms with E-state index in [1.165, 1.54) is 10.4 Å². The zero-order chi connectivity index (χ0) is 28.1. The van der Waals surface area contributed by atoms with E-state index in [0.717, 1.165) is 10.5 Å². The lowest BCUT2D eigenvalue weighted by Gasteiger charge is -2.36. The van der Waals surface area contributed by atoms with Crippen molar-refractivity contribution in [1.29, 1.82) is 0 Å². The molecule has 0 atom stereocenters. The van der Waals surface area contributed by atoms with Crippen molar-refractivity contribution in [2.75, 3.05) is 58.3 Å². The van der Waals surface area contributed by atoms with Crippen molar-refractivity contribution in [2.24, 2.45) is 0 Å². The largest absolute Gasteiger partial charge is 0.363 e. The predicted octanol–water partition coefficient (Wildman–Crippen LogP) is 2.72. The van der Waals surface area contributed by atoms with Crippen LogP contribution in [0.5, 0.6) is 0 Å². The number of nitrogens with zero attached hydrogens (tertiary/aromatic N) is 5. The molecule has 2 aliphatic rings. The molecule has 2 aliphatic heterocycles. The van der Waals surface area contributed by atoms with Crippen LogP contribution < -0.4 is 4.90 Å².